The summed E-state index contributed by atoms with van der Waals surface area (Å²) >= 11 is 1.65. The van der Waals surface area contributed by atoms with Crippen molar-refractivity contribution in [1.82, 2.24) is 0 Å². The van der Waals surface area contributed by atoms with Crippen LogP contribution in [0.3, 0.4) is 0 Å². The minimum absolute atomic E-state index is 0.0132. The first kappa shape index (κ1) is 14.7. The van der Waals surface area contributed by atoms with Crippen LogP contribution in [0.25, 0.3) is 0 Å². The van der Waals surface area contributed by atoms with Crippen molar-refractivity contribution in [2.45, 2.75) is 9.79 Å². The highest BCUT2D eigenvalue weighted by atomic mass is 32.2. The first-order valence-corrected chi connectivity index (χ1v) is 8.50. The summed E-state index contributed by atoms with van der Waals surface area (Å²) in [7, 11) is -3.77. The van der Waals surface area contributed by atoms with Crippen molar-refractivity contribution < 1.29 is 8.42 Å². The van der Waals surface area contributed by atoms with Gasteiger partial charge in [-0.3, -0.25) is 0 Å². The van der Waals surface area contributed by atoms with Crippen molar-refractivity contribution in [2.24, 2.45) is 5.14 Å². The molecule has 0 aliphatic rings. The van der Waals surface area contributed by atoms with Crippen molar-refractivity contribution in [3.63, 3.8) is 0 Å². The van der Waals surface area contributed by atoms with Crippen LogP contribution in [0.15, 0.2) is 52.3 Å². The van der Waals surface area contributed by atoms with Crippen molar-refractivity contribution in [1.29, 1.82) is 0 Å². The maximum absolute atomic E-state index is 11.4. The van der Waals surface area contributed by atoms with Gasteiger partial charge in [-0.05, 0) is 48.7 Å². The summed E-state index contributed by atoms with van der Waals surface area (Å²) in [6.07, 6.45) is 2.00. The molecule has 5 N–H and O–H groups in total. The Morgan fingerprint density at radius 2 is 1.70 bits per heavy atom. The number of nitrogens with two attached hydrogens (primary N) is 2. The molecule has 0 heterocycles. The minimum Gasteiger partial charge on any atom is -0.399 e. The van der Waals surface area contributed by atoms with E-state index in [-0.39, 0.29) is 4.90 Å². The molecule has 2 aromatic carbocycles. The fraction of sp³-hybridized carbons (Fsp3) is 0.0769. The molecular weight excluding hydrogens is 294 g/mol. The number of nitrogens with one attached hydrogen (secondary N) is 1. The van der Waals surface area contributed by atoms with Gasteiger partial charge in [0, 0.05) is 22.0 Å². The molecule has 0 saturated carbocycles. The predicted molar refractivity (Wildman–Crippen MR) is 83.7 cm³/mol. The number of sulfonamides is 1. The third kappa shape index (κ3) is 3.66. The molecule has 0 aliphatic carbocycles. The van der Waals surface area contributed by atoms with E-state index in [0.717, 1.165) is 10.6 Å². The topological polar surface area (TPSA) is 98.2 Å². The molecule has 0 atom stereocenters. The van der Waals surface area contributed by atoms with Gasteiger partial charge >= 0.3 is 0 Å². The van der Waals surface area contributed by atoms with E-state index in [1.165, 1.54) is 12.1 Å². The SMILES string of the molecule is CSc1ccc(Nc2cc(N)cc(S(N)(=O)=O)c2)cc1. The number of anilines is 3. The van der Waals surface area contributed by atoms with Crippen LogP contribution in [0, 0.1) is 0 Å². The van der Waals surface area contributed by atoms with E-state index >= 15 is 0 Å². The molecule has 0 radical (unpaired) electrons. The minimum atomic E-state index is -3.77. The van der Waals surface area contributed by atoms with Crippen LogP contribution < -0.4 is 16.2 Å². The fourth-order valence-corrected chi connectivity index (χ4v) is 2.70. The quantitative estimate of drug-likeness (QED) is 0.595. The Hall–Kier alpha value is -1.70. The van der Waals surface area contributed by atoms with E-state index in [4.69, 9.17) is 10.9 Å². The number of primary sulfonamides is 1. The van der Waals surface area contributed by atoms with Gasteiger partial charge in [0.25, 0.3) is 0 Å². The van der Waals surface area contributed by atoms with Crippen LogP contribution in [0.4, 0.5) is 17.1 Å². The summed E-state index contributed by atoms with van der Waals surface area (Å²) in [6, 6.07) is 12.2. The van der Waals surface area contributed by atoms with Crippen LogP contribution in [-0.4, -0.2) is 14.7 Å². The Morgan fingerprint density at radius 3 is 2.25 bits per heavy atom. The zero-order valence-corrected chi connectivity index (χ0v) is 12.5. The van der Waals surface area contributed by atoms with Crippen LogP contribution in [-0.2, 0) is 10.0 Å². The molecule has 7 heteroatoms. The molecule has 0 amide bonds. The standard InChI is InChI=1S/C13H15N3O2S2/c1-19-12-4-2-10(3-5-12)16-11-6-9(14)7-13(8-11)20(15,17)18/h2-8,16H,14H2,1H3,(H2,15,17,18). The highest BCUT2D eigenvalue weighted by molar-refractivity contribution is 7.98. The molecule has 2 aromatic rings. The number of nitrogen functional groups attached to an aromatic ring is 1. The molecule has 0 aliphatic heterocycles. The van der Waals surface area contributed by atoms with Gasteiger partial charge in [0.05, 0.1) is 4.90 Å². The van der Waals surface area contributed by atoms with Crippen molar-refractivity contribution >= 4 is 38.8 Å². The Balaban J connectivity index is 2.31. The van der Waals surface area contributed by atoms with E-state index in [0.29, 0.717) is 11.4 Å². The van der Waals surface area contributed by atoms with Crippen LogP contribution in [0.5, 0.6) is 0 Å². The highest BCUT2D eigenvalue weighted by Crippen LogP contribution is 2.24. The lowest BCUT2D eigenvalue weighted by Crippen LogP contribution is -2.12. The molecule has 20 heavy (non-hydrogen) atoms. The average Bonchev–Trinajstić information content (AvgIpc) is 2.38. The van der Waals surface area contributed by atoms with E-state index in [1.807, 2.05) is 30.5 Å². The summed E-state index contributed by atoms with van der Waals surface area (Å²) in [4.78, 5) is 1.13. The van der Waals surface area contributed by atoms with Crippen LogP contribution >= 0.6 is 11.8 Å². The van der Waals surface area contributed by atoms with Gasteiger partial charge in [0.15, 0.2) is 0 Å². The molecule has 5 nitrogen and oxygen atoms in total. The van der Waals surface area contributed by atoms with Gasteiger partial charge in [-0.25, -0.2) is 13.6 Å². The zero-order valence-electron chi connectivity index (χ0n) is 10.8. The molecule has 0 bridgehead atoms. The summed E-state index contributed by atoms with van der Waals surface area (Å²) in [5, 5.41) is 8.21. The van der Waals surface area contributed by atoms with Crippen molar-refractivity contribution in [3.05, 3.63) is 42.5 Å². The lowest BCUT2D eigenvalue weighted by molar-refractivity contribution is 0.598. The largest absolute Gasteiger partial charge is 0.399 e. The van der Waals surface area contributed by atoms with Gasteiger partial charge in [0.2, 0.25) is 10.0 Å². The van der Waals surface area contributed by atoms with Gasteiger partial charge < -0.3 is 11.1 Å². The number of rotatable bonds is 4. The second-order valence-corrected chi connectivity index (χ2v) is 6.63. The first-order valence-electron chi connectivity index (χ1n) is 5.73. The second kappa shape index (κ2) is 5.74. The molecule has 0 aromatic heterocycles. The lowest BCUT2D eigenvalue weighted by Gasteiger charge is -2.09. The summed E-state index contributed by atoms with van der Waals surface area (Å²) in [5.41, 5.74) is 7.44. The summed E-state index contributed by atoms with van der Waals surface area (Å²) in [5.74, 6) is 0. The number of hydrogen-bond acceptors (Lipinski definition) is 5. The Kier molecular flexibility index (Phi) is 4.22. The van der Waals surface area contributed by atoms with E-state index in [9.17, 15) is 8.42 Å². The Morgan fingerprint density at radius 1 is 1.05 bits per heavy atom. The van der Waals surface area contributed by atoms with Crippen LogP contribution in [0.2, 0.25) is 0 Å². The Labute approximate surface area is 122 Å². The maximum Gasteiger partial charge on any atom is 0.238 e. The summed E-state index contributed by atoms with van der Waals surface area (Å²) in [6.45, 7) is 0. The zero-order chi connectivity index (χ0) is 14.8. The average molecular weight is 309 g/mol. The third-order valence-electron chi connectivity index (χ3n) is 2.64. The van der Waals surface area contributed by atoms with Crippen molar-refractivity contribution in [3.8, 4) is 0 Å². The number of thioether (sulfide) groups is 1. The predicted octanol–water partition coefficient (Wildman–Crippen LogP) is 2.38. The second-order valence-electron chi connectivity index (χ2n) is 4.19. The molecular formula is C13H15N3O2S2. The maximum atomic E-state index is 11.4. The molecule has 0 spiro atoms. The van der Waals surface area contributed by atoms with Gasteiger partial charge in [-0.1, -0.05) is 0 Å². The summed E-state index contributed by atoms with van der Waals surface area (Å²) < 4.78 is 22.7. The molecule has 0 fully saturated rings. The highest BCUT2D eigenvalue weighted by Gasteiger charge is 2.10. The van der Waals surface area contributed by atoms with Gasteiger partial charge in [0.1, 0.15) is 0 Å². The number of benzene rings is 2. The fourth-order valence-electron chi connectivity index (χ4n) is 1.70. The van der Waals surface area contributed by atoms with E-state index in [1.54, 1.807) is 17.8 Å². The number of hydrogen-bond donors (Lipinski definition) is 3. The molecule has 0 saturated heterocycles. The van der Waals surface area contributed by atoms with E-state index < -0.39 is 10.0 Å². The van der Waals surface area contributed by atoms with Crippen molar-refractivity contribution in [2.75, 3.05) is 17.3 Å². The van der Waals surface area contributed by atoms with E-state index in [2.05, 4.69) is 5.32 Å². The normalized spacial score (nSPS) is 11.3. The first-order chi connectivity index (χ1) is 9.38. The smallest absolute Gasteiger partial charge is 0.238 e. The van der Waals surface area contributed by atoms with Gasteiger partial charge in [-0.15, -0.1) is 11.8 Å². The monoisotopic (exact) mass is 309 g/mol. The third-order valence-corrected chi connectivity index (χ3v) is 4.27. The lowest BCUT2D eigenvalue weighted by atomic mass is 10.2. The Bertz CT molecular complexity index is 713. The molecule has 106 valence electrons. The molecule has 2 rings (SSSR count). The molecule has 0 unspecified atom stereocenters. The van der Waals surface area contributed by atoms with Crippen LogP contribution in [0.1, 0.15) is 0 Å². The van der Waals surface area contributed by atoms with Gasteiger partial charge in [-0.2, -0.15) is 0 Å².